The molecule has 16 heteroatoms. The zero-order valence-electron chi connectivity index (χ0n) is 21.5. The minimum atomic E-state index is -6.41. The number of aromatic nitrogens is 1. The molecule has 1 heterocycles. The zero-order chi connectivity index (χ0) is 31.8. The Labute approximate surface area is 246 Å². The van der Waals surface area contributed by atoms with Gasteiger partial charge in [-0.3, -0.25) is 9.59 Å². The van der Waals surface area contributed by atoms with Crippen molar-refractivity contribution < 1.29 is 49.4 Å². The molecule has 3 aromatic rings. The van der Waals surface area contributed by atoms with Gasteiger partial charge in [-0.1, -0.05) is 24.6 Å². The maximum Gasteiger partial charge on any atom is 0.435 e. The average Bonchev–Trinajstić information content (AvgIpc) is 2.89. The summed E-state index contributed by atoms with van der Waals surface area (Å²) in [7, 11) is 1.00. The van der Waals surface area contributed by atoms with Gasteiger partial charge in [0.2, 0.25) is 0 Å². The number of anilines is 2. The summed E-state index contributed by atoms with van der Waals surface area (Å²) in [4.78, 5) is 28.1. The minimum absolute atomic E-state index is 0.0286. The summed E-state index contributed by atoms with van der Waals surface area (Å²) in [6.45, 7) is 1.66. The minimum Gasteiger partial charge on any atom is -0.619 e. The van der Waals surface area contributed by atoms with Gasteiger partial charge in [0.15, 0.2) is 18.2 Å². The van der Waals surface area contributed by atoms with Crippen molar-refractivity contribution in [2.45, 2.75) is 31.4 Å². The number of nitrogens with zero attached hydrogens (tertiary/aromatic N) is 3. The molecule has 0 bridgehead atoms. The molecule has 0 aliphatic heterocycles. The summed E-state index contributed by atoms with van der Waals surface area (Å²) in [5.41, 5.74) is -9.24. The molecule has 0 saturated heterocycles. The highest BCUT2D eigenvalue weighted by atomic mass is 79.9. The predicted octanol–water partition coefficient (Wildman–Crippen LogP) is 7.50. The van der Waals surface area contributed by atoms with Crippen LogP contribution >= 0.6 is 27.5 Å². The Morgan fingerprint density at radius 2 is 1.62 bits per heavy atom. The van der Waals surface area contributed by atoms with E-state index in [1.165, 1.54) is 24.3 Å². The van der Waals surface area contributed by atoms with Gasteiger partial charge < -0.3 is 15.0 Å². The van der Waals surface area contributed by atoms with E-state index in [1.54, 1.807) is 6.92 Å². The number of carbonyl (C=O) groups excluding carboxylic acids is 2. The van der Waals surface area contributed by atoms with Crippen LogP contribution in [0.2, 0.25) is 5.02 Å². The van der Waals surface area contributed by atoms with Gasteiger partial charge in [-0.15, -0.1) is 0 Å². The molecule has 0 aliphatic rings. The van der Waals surface area contributed by atoms with Crippen LogP contribution in [0.3, 0.4) is 0 Å². The van der Waals surface area contributed by atoms with Crippen molar-refractivity contribution in [3.63, 3.8) is 0 Å². The van der Waals surface area contributed by atoms with E-state index >= 15 is 4.39 Å². The van der Waals surface area contributed by atoms with Gasteiger partial charge in [0.1, 0.15) is 5.56 Å². The van der Waals surface area contributed by atoms with Gasteiger partial charge in [-0.25, -0.2) is 8.78 Å². The summed E-state index contributed by atoms with van der Waals surface area (Å²) in [6, 6.07) is 6.33. The Kier molecular flexibility index (Phi) is 9.47. The number of halogens is 10. The fourth-order valence-electron chi connectivity index (χ4n) is 4.04. The molecule has 0 fully saturated rings. The van der Waals surface area contributed by atoms with Crippen molar-refractivity contribution in [3.8, 4) is 0 Å². The standard InChI is InChI=1S/C26H19BrClF8N3O3/c1-3-9-39(22(40)14-6-5-10-38(42)13-14)19-8-4-7-16(20(19)29)23(41)37(2)21-17(27)11-15(12-18(21)28)24(30,25(31,32)33)26(34,35)36/h4-8,10-13H,3,9H2,1-2H3. The molecule has 0 radical (unpaired) electrons. The second-order valence-electron chi connectivity index (χ2n) is 8.85. The molecule has 0 spiro atoms. The number of carbonyl (C=O) groups is 2. The Morgan fingerprint density at radius 3 is 2.14 bits per heavy atom. The second kappa shape index (κ2) is 12.0. The average molecular weight is 689 g/mol. The van der Waals surface area contributed by atoms with Gasteiger partial charge >= 0.3 is 18.0 Å². The summed E-state index contributed by atoms with van der Waals surface area (Å²) < 4.78 is 110. The van der Waals surface area contributed by atoms with E-state index in [1.807, 2.05) is 0 Å². The molecule has 0 N–H and O–H groups in total. The lowest BCUT2D eigenvalue weighted by Crippen LogP contribution is -2.50. The normalized spacial score (nSPS) is 12.3. The lowest BCUT2D eigenvalue weighted by molar-refractivity contribution is -0.605. The molecule has 1 aromatic heterocycles. The van der Waals surface area contributed by atoms with Gasteiger partial charge in [0, 0.05) is 29.7 Å². The second-order valence-corrected chi connectivity index (χ2v) is 10.1. The van der Waals surface area contributed by atoms with Gasteiger partial charge in [0.25, 0.3) is 11.8 Å². The molecular formula is C26H19BrClF8N3O3. The molecule has 6 nitrogen and oxygen atoms in total. The van der Waals surface area contributed by atoms with Crippen molar-refractivity contribution in [3.05, 3.63) is 92.1 Å². The first-order chi connectivity index (χ1) is 19.4. The van der Waals surface area contributed by atoms with Crippen LogP contribution in [0.25, 0.3) is 0 Å². The van der Waals surface area contributed by atoms with E-state index in [9.17, 15) is 45.5 Å². The van der Waals surface area contributed by atoms with Crippen LogP contribution in [-0.4, -0.2) is 37.8 Å². The number of alkyl halides is 7. The fraction of sp³-hybridized carbons (Fsp3) is 0.269. The van der Waals surface area contributed by atoms with E-state index in [2.05, 4.69) is 15.9 Å². The molecule has 3 rings (SSSR count). The fourth-order valence-corrected chi connectivity index (χ4v) is 5.23. The van der Waals surface area contributed by atoms with Crippen LogP contribution in [0.4, 0.5) is 46.5 Å². The maximum absolute atomic E-state index is 15.8. The van der Waals surface area contributed by atoms with E-state index in [4.69, 9.17) is 11.6 Å². The molecule has 226 valence electrons. The van der Waals surface area contributed by atoms with Crippen LogP contribution in [0.1, 0.15) is 39.6 Å². The van der Waals surface area contributed by atoms with Crippen molar-refractivity contribution in [2.24, 2.45) is 0 Å². The summed E-state index contributed by atoms with van der Waals surface area (Å²) in [5, 5.41) is 10.7. The smallest absolute Gasteiger partial charge is 0.435 e. The van der Waals surface area contributed by atoms with Crippen LogP contribution in [0.5, 0.6) is 0 Å². The SMILES string of the molecule is CCCN(C(=O)c1ccc[n+]([O-])c1)c1cccc(C(=O)N(C)c2c(Cl)cc(C(F)(C(F)(F)F)C(F)(F)F)cc2Br)c1F. The van der Waals surface area contributed by atoms with Crippen LogP contribution in [0.15, 0.2) is 59.3 Å². The highest BCUT2D eigenvalue weighted by Gasteiger charge is 2.73. The lowest BCUT2D eigenvalue weighted by atomic mass is 9.94. The predicted molar refractivity (Wildman–Crippen MR) is 141 cm³/mol. The molecule has 0 aliphatic carbocycles. The number of pyridine rings is 1. The third kappa shape index (κ3) is 6.02. The molecule has 0 atom stereocenters. The van der Waals surface area contributed by atoms with Crippen molar-refractivity contribution in [1.29, 1.82) is 0 Å². The highest BCUT2D eigenvalue weighted by molar-refractivity contribution is 9.10. The monoisotopic (exact) mass is 687 g/mol. The maximum atomic E-state index is 15.8. The molecule has 2 aromatic carbocycles. The first kappa shape index (κ1) is 33.0. The number of amides is 2. The number of hydrogen-bond acceptors (Lipinski definition) is 3. The molecule has 2 amide bonds. The number of benzene rings is 2. The van der Waals surface area contributed by atoms with Crippen LogP contribution < -0.4 is 14.5 Å². The first-order valence-corrected chi connectivity index (χ1v) is 12.9. The van der Waals surface area contributed by atoms with Gasteiger partial charge in [-0.2, -0.15) is 31.1 Å². The zero-order valence-corrected chi connectivity index (χ0v) is 23.8. The third-order valence-corrected chi connectivity index (χ3v) is 6.94. The Morgan fingerprint density at radius 1 is 1.00 bits per heavy atom. The van der Waals surface area contributed by atoms with Crippen molar-refractivity contribution in [2.75, 3.05) is 23.4 Å². The highest BCUT2D eigenvalue weighted by Crippen LogP contribution is 2.54. The van der Waals surface area contributed by atoms with Gasteiger partial charge in [-0.05, 0) is 52.7 Å². The van der Waals surface area contributed by atoms with E-state index in [-0.39, 0.29) is 29.9 Å². The molecule has 0 unspecified atom stereocenters. The van der Waals surface area contributed by atoms with Crippen LogP contribution in [-0.2, 0) is 5.67 Å². The van der Waals surface area contributed by atoms with Crippen molar-refractivity contribution in [1.82, 2.24) is 0 Å². The van der Waals surface area contributed by atoms with Crippen molar-refractivity contribution >= 4 is 50.7 Å². The summed E-state index contributed by atoms with van der Waals surface area (Å²) in [6.07, 6.45) is -10.4. The lowest BCUT2D eigenvalue weighted by Gasteiger charge is -2.31. The Balaban J connectivity index is 2.06. The number of hydrogen-bond donors (Lipinski definition) is 0. The van der Waals surface area contributed by atoms with E-state index in [0.29, 0.717) is 16.1 Å². The van der Waals surface area contributed by atoms with E-state index in [0.717, 1.165) is 30.4 Å². The Bertz CT molecular complexity index is 1480. The van der Waals surface area contributed by atoms with E-state index < -0.39 is 62.0 Å². The summed E-state index contributed by atoms with van der Waals surface area (Å²) >= 11 is 8.69. The molecular weight excluding hydrogens is 670 g/mol. The first-order valence-electron chi connectivity index (χ1n) is 11.8. The third-order valence-electron chi connectivity index (χ3n) is 6.05. The van der Waals surface area contributed by atoms with Gasteiger partial charge in [0.05, 0.1) is 22.0 Å². The number of rotatable bonds is 7. The topological polar surface area (TPSA) is 67.6 Å². The summed E-state index contributed by atoms with van der Waals surface area (Å²) in [5.74, 6) is -3.11. The quantitative estimate of drug-likeness (QED) is 0.147. The molecule has 42 heavy (non-hydrogen) atoms. The molecule has 0 saturated carbocycles. The van der Waals surface area contributed by atoms with Crippen LogP contribution in [0, 0.1) is 11.0 Å². The Hall–Kier alpha value is -3.46. The largest absolute Gasteiger partial charge is 0.619 e.